The number of methoxy groups -OCH3 is 1. The van der Waals surface area contributed by atoms with Crippen LogP contribution in [0, 0.1) is 11.8 Å². The summed E-state index contributed by atoms with van der Waals surface area (Å²) in [6, 6.07) is 0. The molecule has 3 N–H and O–H groups in total. The summed E-state index contributed by atoms with van der Waals surface area (Å²) < 4.78 is 23.3. The zero-order chi connectivity index (χ0) is 27.0. The van der Waals surface area contributed by atoms with Crippen molar-refractivity contribution in [1.82, 2.24) is 0 Å². The summed E-state index contributed by atoms with van der Waals surface area (Å²) in [7, 11) is 1.43. The number of ether oxygens (including phenoxy) is 4. The van der Waals surface area contributed by atoms with Crippen molar-refractivity contribution in [3.8, 4) is 0 Å². The molecule has 1 saturated heterocycles. The van der Waals surface area contributed by atoms with Crippen LogP contribution in [0.25, 0.3) is 0 Å². The van der Waals surface area contributed by atoms with E-state index in [2.05, 4.69) is 0 Å². The summed E-state index contributed by atoms with van der Waals surface area (Å²) in [5, 5.41) is 32.0. The van der Waals surface area contributed by atoms with Gasteiger partial charge in [0.1, 0.15) is 18.3 Å². The second kappa shape index (κ2) is 13.8. The average Bonchev–Trinajstić information content (AvgIpc) is 2.79. The molecule has 2 aliphatic rings. The summed E-state index contributed by atoms with van der Waals surface area (Å²) in [6.07, 6.45) is 1.99. The van der Waals surface area contributed by atoms with Gasteiger partial charge in [-0.25, -0.2) is 0 Å². The zero-order valence-corrected chi connectivity index (χ0v) is 22.3. The maximum Gasteiger partial charge on any atom is 0.308 e. The smallest absolute Gasteiger partial charge is 0.308 e. The molecule has 36 heavy (non-hydrogen) atoms. The van der Waals surface area contributed by atoms with Crippen molar-refractivity contribution in [2.45, 2.75) is 115 Å². The van der Waals surface area contributed by atoms with E-state index in [1.807, 2.05) is 19.9 Å². The van der Waals surface area contributed by atoms with Crippen LogP contribution in [0.5, 0.6) is 0 Å². The van der Waals surface area contributed by atoms with Crippen LogP contribution in [-0.2, 0) is 28.5 Å². The molecule has 1 fully saturated rings. The van der Waals surface area contributed by atoms with E-state index in [9.17, 15) is 24.9 Å². The van der Waals surface area contributed by atoms with Gasteiger partial charge < -0.3 is 34.3 Å². The molecule has 10 atom stereocenters. The number of cyclic esters (lactones) is 1. The fourth-order valence-corrected chi connectivity index (χ4v) is 4.92. The lowest BCUT2D eigenvalue weighted by Crippen LogP contribution is -2.57. The first-order valence-corrected chi connectivity index (χ1v) is 12.9. The molecule has 0 spiro atoms. The second-order valence-electron chi connectivity index (χ2n) is 10.4. The van der Waals surface area contributed by atoms with E-state index in [-0.39, 0.29) is 30.5 Å². The van der Waals surface area contributed by atoms with E-state index in [0.717, 1.165) is 0 Å². The minimum absolute atomic E-state index is 0.00107. The van der Waals surface area contributed by atoms with Gasteiger partial charge in [-0.15, -0.1) is 0 Å². The molecule has 10 unspecified atom stereocenters. The number of hydrogen-bond acceptors (Lipinski definition) is 9. The second-order valence-corrected chi connectivity index (χ2v) is 10.4. The van der Waals surface area contributed by atoms with Crippen molar-refractivity contribution in [2.24, 2.45) is 11.8 Å². The first-order valence-electron chi connectivity index (χ1n) is 12.9. The molecule has 0 aromatic carbocycles. The molecule has 2 heterocycles. The van der Waals surface area contributed by atoms with Crippen LogP contribution < -0.4 is 0 Å². The van der Waals surface area contributed by atoms with E-state index in [4.69, 9.17) is 18.9 Å². The molecular formula is C27H44O9. The lowest BCUT2D eigenvalue weighted by atomic mass is 9.83. The monoisotopic (exact) mass is 512 g/mol. The SMILES string of the molecule is CCC1CC(C)C(=O)C=CC=CCC(C)OC(=O)CC(O)C(OC)C1OC1CC(C)(O)C(O)C(C)O1. The van der Waals surface area contributed by atoms with Gasteiger partial charge in [-0.05, 0) is 39.2 Å². The predicted molar refractivity (Wildman–Crippen MR) is 133 cm³/mol. The molecule has 0 radical (unpaired) electrons. The van der Waals surface area contributed by atoms with Crippen LogP contribution in [0.4, 0.5) is 0 Å². The Labute approximate surface area is 214 Å². The third-order valence-corrected chi connectivity index (χ3v) is 7.13. The van der Waals surface area contributed by atoms with E-state index >= 15 is 0 Å². The molecule has 9 heteroatoms. The standard InChI is InChI=1S/C27H44O9/c1-7-19-13-16(2)20(28)12-10-8-9-11-17(3)34-22(30)14-21(29)25(33-6)24(19)36-23-15-27(5,32)26(31)18(4)35-23/h8-10,12,16-19,21,23-26,29,31-32H,7,11,13-15H2,1-6H3. The predicted octanol–water partition coefficient (Wildman–Crippen LogP) is 2.45. The van der Waals surface area contributed by atoms with Gasteiger partial charge in [-0.1, -0.05) is 38.5 Å². The van der Waals surface area contributed by atoms with Crippen molar-refractivity contribution in [1.29, 1.82) is 0 Å². The van der Waals surface area contributed by atoms with Gasteiger partial charge in [0.25, 0.3) is 0 Å². The summed E-state index contributed by atoms with van der Waals surface area (Å²) in [4.78, 5) is 25.3. The molecule has 0 aliphatic carbocycles. The van der Waals surface area contributed by atoms with Gasteiger partial charge in [0.05, 0.1) is 30.3 Å². The van der Waals surface area contributed by atoms with Gasteiger partial charge in [0.15, 0.2) is 12.1 Å². The van der Waals surface area contributed by atoms with Gasteiger partial charge in [-0.3, -0.25) is 9.59 Å². The van der Waals surface area contributed by atoms with Crippen molar-refractivity contribution in [2.75, 3.05) is 7.11 Å². The topological polar surface area (TPSA) is 132 Å². The normalized spacial score (nSPS) is 41.8. The van der Waals surface area contributed by atoms with Gasteiger partial charge in [0, 0.05) is 25.9 Å². The van der Waals surface area contributed by atoms with Gasteiger partial charge >= 0.3 is 5.97 Å². The number of allylic oxidation sites excluding steroid dienone is 3. The summed E-state index contributed by atoms with van der Waals surface area (Å²) in [5.41, 5.74) is -1.44. The lowest BCUT2D eigenvalue weighted by Gasteiger charge is -2.45. The highest BCUT2D eigenvalue weighted by Crippen LogP contribution is 2.34. The summed E-state index contributed by atoms with van der Waals surface area (Å²) >= 11 is 0. The van der Waals surface area contributed by atoms with E-state index in [0.29, 0.717) is 19.3 Å². The highest BCUT2D eigenvalue weighted by Gasteiger charge is 2.46. The van der Waals surface area contributed by atoms with E-state index in [1.54, 1.807) is 26.0 Å². The first-order chi connectivity index (χ1) is 16.9. The number of ketones is 1. The fraction of sp³-hybridized carbons (Fsp3) is 0.778. The van der Waals surface area contributed by atoms with Crippen LogP contribution in [0.1, 0.15) is 66.7 Å². The van der Waals surface area contributed by atoms with Crippen LogP contribution in [-0.4, -0.2) is 82.7 Å². The molecule has 9 nitrogen and oxygen atoms in total. The third kappa shape index (κ3) is 8.46. The minimum Gasteiger partial charge on any atom is -0.462 e. The summed E-state index contributed by atoms with van der Waals surface area (Å²) in [6.45, 7) is 8.71. The van der Waals surface area contributed by atoms with Crippen molar-refractivity contribution >= 4 is 11.8 Å². The molecule has 206 valence electrons. The number of rotatable bonds is 4. The van der Waals surface area contributed by atoms with Crippen molar-refractivity contribution < 1.29 is 43.9 Å². The fourth-order valence-electron chi connectivity index (χ4n) is 4.92. The zero-order valence-electron chi connectivity index (χ0n) is 22.3. The Morgan fingerprint density at radius 1 is 1.14 bits per heavy atom. The summed E-state index contributed by atoms with van der Waals surface area (Å²) in [5.74, 6) is -1.16. The minimum atomic E-state index is -1.44. The molecule has 0 saturated carbocycles. The number of hydrogen-bond donors (Lipinski definition) is 3. The van der Waals surface area contributed by atoms with Crippen molar-refractivity contribution in [3.63, 3.8) is 0 Å². The Balaban J connectivity index is 2.39. The average molecular weight is 513 g/mol. The Bertz CT molecular complexity index is 777. The molecule has 0 amide bonds. The Morgan fingerprint density at radius 3 is 2.44 bits per heavy atom. The van der Waals surface area contributed by atoms with Crippen LogP contribution in [0.2, 0.25) is 0 Å². The molecule has 0 aromatic rings. The molecule has 2 aliphatic heterocycles. The highest BCUT2D eigenvalue weighted by atomic mass is 16.7. The van der Waals surface area contributed by atoms with E-state index in [1.165, 1.54) is 20.1 Å². The Morgan fingerprint density at radius 2 is 1.83 bits per heavy atom. The maximum atomic E-state index is 12.8. The molecule has 0 aromatic heterocycles. The van der Waals surface area contributed by atoms with E-state index < -0.39 is 54.5 Å². The van der Waals surface area contributed by atoms with Crippen LogP contribution >= 0.6 is 0 Å². The van der Waals surface area contributed by atoms with Crippen LogP contribution in [0.3, 0.4) is 0 Å². The number of aliphatic hydroxyl groups excluding tert-OH is 2. The first kappa shape index (κ1) is 30.6. The lowest BCUT2D eigenvalue weighted by molar-refractivity contribution is -0.299. The number of esters is 1. The quantitative estimate of drug-likeness (QED) is 0.486. The van der Waals surface area contributed by atoms with Crippen LogP contribution in [0.15, 0.2) is 24.3 Å². The van der Waals surface area contributed by atoms with Crippen molar-refractivity contribution in [3.05, 3.63) is 24.3 Å². The molecule has 0 bridgehead atoms. The number of carbonyl (C=O) groups is 2. The Kier molecular flexibility index (Phi) is 11.7. The highest BCUT2D eigenvalue weighted by molar-refractivity contribution is 5.91. The molecular weight excluding hydrogens is 468 g/mol. The third-order valence-electron chi connectivity index (χ3n) is 7.13. The number of aliphatic hydroxyl groups is 3. The maximum absolute atomic E-state index is 12.8. The Hall–Kier alpha value is -1.62. The largest absolute Gasteiger partial charge is 0.462 e. The van der Waals surface area contributed by atoms with Gasteiger partial charge in [-0.2, -0.15) is 0 Å². The number of carbonyl (C=O) groups excluding carboxylic acids is 2. The molecule has 2 rings (SSSR count). The van der Waals surface area contributed by atoms with Gasteiger partial charge in [0.2, 0.25) is 0 Å².